The number of likely N-dealkylation sites (tertiary alicyclic amines) is 1. The highest BCUT2D eigenvalue weighted by atomic mass is 32.1. The first kappa shape index (κ1) is 17.3. The van der Waals surface area contributed by atoms with Crippen molar-refractivity contribution in [3.8, 4) is 0 Å². The Balaban J connectivity index is 1.86. The highest BCUT2D eigenvalue weighted by molar-refractivity contribution is 7.21. The molecule has 24 heavy (non-hydrogen) atoms. The van der Waals surface area contributed by atoms with Crippen molar-refractivity contribution in [2.75, 3.05) is 26.7 Å². The fourth-order valence-corrected chi connectivity index (χ4v) is 4.32. The number of esters is 1. The van der Waals surface area contributed by atoms with Crippen LogP contribution in [0.3, 0.4) is 0 Å². The third-order valence-corrected chi connectivity index (χ3v) is 5.60. The molecule has 2 aromatic rings. The van der Waals surface area contributed by atoms with Crippen LogP contribution in [-0.4, -0.2) is 43.7 Å². The first-order valence-electron chi connectivity index (χ1n) is 8.26. The number of carbonyl (C=O) groups is 1. The number of piperidine rings is 1. The Labute approximate surface area is 145 Å². The second-order valence-electron chi connectivity index (χ2n) is 6.02. The van der Waals surface area contributed by atoms with Gasteiger partial charge in [-0.3, -0.25) is 4.90 Å². The lowest BCUT2D eigenvalue weighted by Gasteiger charge is -2.31. The summed E-state index contributed by atoms with van der Waals surface area (Å²) < 4.78 is 25.8. The van der Waals surface area contributed by atoms with Gasteiger partial charge in [0.1, 0.15) is 16.8 Å². The highest BCUT2D eigenvalue weighted by Crippen LogP contribution is 2.34. The molecule has 1 aliphatic rings. The van der Waals surface area contributed by atoms with E-state index in [0.29, 0.717) is 15.8 Å². The summed E-state index contributed by atoms with van der Waals surface area (Å²) in [6.07, 6.45) is 1.80. The number of likely N-dealkylation sites (N-methyl/N-ethyl adjacent to an activating group) is 1. The van der Waals surface area contributed by atoms with Crippen molar-refractivity contribution in [2.24, 2.45) is 0 Å². The van der Waals surface area contributed by atoms with Crippen LogP contribution in [-0.2, 0) is 16.1 Å². The van der Waals surface area contributed by atoms with Crippen LogP contribution in [0.25, 0.3) is 10.1 Å². The molecule has 0 radical (unpaired) electrons. The van der Waals surface area contributed by atoms with E-state index >= 15 is 0 Å². The minimum atomic E-state index is -0.370. The van der Waals surface area contributed by atoms with E-state index in [1.54, 1.807) is 13.2 Å². The van der Waals surface area contributed by atoms with Crippen LogP contribution in [0.1, 0.15) is 35.0 Å². The van der Waals surface area contributed by atoms with Gasteiger partial charge in [-0.1, -0.05) is 13.0 Å². The molecule has 1 unspecified atom stereocenters. The molecule has 2 heterocycles. The van der Waals surface area contributed by atoms with Crippen LogP contribution in [0.4, 0.5) is 4.39 Å². The summed E-state index contributed by atoms with van der Waals surface area (Å²) in [6, 6.07) is 4.88. The van der Waals surface area contributed by atoms with E-state index in [0.717, 1.165) is 37.2 Å². The van der Waals surface area contributed by atoms with E-state index in [9.17, 15) is 9.18 Å². The summed E-state index contributed by atoms with van der Waals surface area (Å²) in [5, 5.41) is 0.468. The molecule has 6 heteroatoms. The number of ether oxygens (including phenoxy) is 2. The minimum Gasteiger partial charge on any atom is -0.457 e. The third-order valence-electron chi connectivity index (χ3n) is 4.42. The standard InChI is InChI=1S/C18H22FNO3S/c1-3-20-9-5-6-12(10-20)23-18(21)17-13(11-22-2)16-14(19)7-4-8-15(16)24-17/h4,7-8,12H,3,5-6,9-11H2,1-2H3. The molecule has 1 aromatic heterocycles. The molecule has 0 amide bonds. The van der Waals surface area contributed by atoms with E-state index in [4.69, 9.17) is 9.47 Å². The molecule has 1 atom stereocenters. The molecule has 1 fully saturated rings. The molecule has 0 bridgehead atoms. The number of carbonyl (C=O) groups excluding carboxylic acids is 1. The number of methoxy groups -OCH3 is 1. The van der Waals surface area contributed by atoms with Crippen molar-refractivity contribution in [3.05, 3.63) is 34.5 Å². The van der Waals surface area contributed by atoms with Gasteiger partial charge in [0.05, 0.1) is 6.61 Å². The number of halogens is 1. The van der Waals surface area contributed by atoms with Crippen molar-refractivity contribution >= 4 is 27.4 Å². The van der Waals surface area contributed by atoms with Gasteiger partial charge >= 0.3 is 5.97 Å². The molecule has 1 saturated heterocycles. The summed E-state index contributed by atoms with van der Waals surface area (Å²) in [4.78, 5) is 15.4. The number of hydrogen-bond acceptors (Lipinski definition) is 5. The summed E-state index contributed by atoms with van der Waals surface area (Å²) in [5.74, 6) is -0.699. The maximum atomic E-state index is 14.2. The molecule has 0 aliphatic carbocycles. The molecule has 1 aromatic carbocycles. The van der Waals surface area contributed by atoms with E-state index < -0.39 is 0 Å². The number of nitrogens with zero attached hydrogens (tertiary/aromatic N) is 1. The van der Waals surface area contributed by atoms with Crippen LogP contribution < -0.4 is 0 Å². The Kier molecular flexibility index (Phi) is 5.48. The van der Waals surface area contributed by atoms with Crippen LogP contribution in [0.5, 0.6) is 0 Å². The summed E-state index contributed by atoms with van der Waals surface area (Å²) in [5.41, 5.74) is 0.587. The van der Waals surface area contributed by atoms with E-state index in [1.807, 2.05) is 6.07 Å². The molecule has 4 nitrogen and oxygen atoms in total. The molecule has 3 rings (SSSR count). The van der Waals surface area contributed by atoms with Crippen molar-refractivity contribution in [1.29, 1.82) is 0 Å². The topological polar surface area (TPSA) is 38.8 Å². The van der Waals surface area contributed by atoms with Crippen LogP contribution in [0, 0.1) is 5.82 Å². The smallest absolute Gasteiger partial charge is 0.349 e. The average Bonchev–Trinajstić information content (AvgIpc) is 2.95. The Morgan fingerprint density at radius 2 is 2.29 bits per heavy atom. The van der Waals surface area contributed by atoms with Gasteiger partial charge in [-0.05, 0) is 38.1 Å². The number of thiophene rings is 1. The fourth-order valence-electron chi connectivity index (χ4n) is 3.22. The SMILES string of the molecule is CCN1CCCC(OC(=O)c2sc3cccc(F)c3c2COC)C1. The number of hydrogen-bond donors (Lipinski definition) is 0. The lowest BCUT2D eigenvalue weighted by Crippen LogP contribution is -2.40. The van der Waals surface area contributed by atoms with Gasteiger partial charge in [0.2, 0.25) is 0 Å². The van der Waals surface area contributed by atoms with Gasteiger partial charge in [-0.25, -0.2) is 9.18 Å². The largest absolute Gasteiger partial charge is 0.457 e. The van der Waals surface area contributed by atoms with Gasteiger partial charge in [0.15, 0.2) is 0 Å². The van der Waals surface area contributed by atoms with Crippen molar-refractivity contribution in [3.63, 3.8) is 0 Å². The predicted molar refractivity (Wildman–Crippen MR) is 93.0 cm³/mol. The number of benzene rings is 1. The van der Waals surface area contributed by atoms with Crippen molar-refractivity contribution in [1.82, 2.24) is 4.90 Å². The monoisotopic (exact) mass is 351 g/mol. The minimum absolute atomic E-state index is 0.100. The maximum absolute atomic E-state index is 14.2. The molecule has 0 saturated carbocycles. The second-order valence-corrected chi connectivity index (χ2v) is 7.07. The normalized spacial score (nSPS) is 18.9. The Morgan fingerprint density at radius 3 is 3.04 bits per heavy atom. The van der Waals surface area contributed by atoms with Gasteiger partial charge < -0.3 is 9.47 Å². The summed E-state index contributed by atoms with van der Waals surface area (Å²) in [6.45, 7) is 5.07. The number of rotatable bonds is 5. The van der Waals surface area contributed by atoms with Gasteiger partial charge in [0, 0.05) is 29.3 Å². The van der Waals surface area contributed by atoms with Gasteiger partial charge in [-0.15, -0.1) is 11.3 Å². The molecular formula is C18H22FNO3S. The van der Waals surface area contributed by atoms with Gasteiger partial charge in [0.25, 0.3) is 0 Å². The molecular weight excluding hydrogens is 329 g/mol. The second kappa shape index (κ2) is 7.59. The van der Waals surface area contributed by atoms with E-state index in [-0.39, 0.29) is 24.5 Å². The molecule has 1 aliphatic heterocycles. The van der Waals surface area contributed by atoms with Crippen LogP contribution in [0.2, 0.25) is 0 Å². The zero-order valence-electron chi connectivity index (χ0n) is 14.0. The zero-order chi connectivity index (χ0) is 17.1. The lowest BCUT2D eigenvalue weighted by molar-refractivity contribution is 0.00797. The summed E-state index contributed by atoms with van der Waals surface area (Å²) in [7, 11) is 1.54. The third kappa shape index (κ3) is 3.45. The van der Waals surface area contributed by atoms with Crippen molar-refractivity contribution < 1.29 is 18.7 Å². The van der Waals surface area contributed by atoms with Crippen LogP contribution >= 0.6 is 11.3 Å². The lowest BCUT2D eigenvalue weighted by atomic mass is 10.1. The zero-order valence-corrected chi connectivity index (χ0v) is 14.8. The van der Waals surface area contributed by atoms with E-state index in [1.165, 1.54) is 17.4 Å². The van der Waals surface area contributed by atoms with E-state index in [2.05, 4.69) is 11.8 Å². The predicted octanol–water partition coefficient (Wildman–Crippen LogP) is 3.83. The Morgan fingerprint density at radius 1 is 1.46 bits per heavy atom. The first-order valence-corrected chi connectivity index (χ1v) is 9.07. The Bertz CT molecular complexity index is 730. The molecule has 0 N–H and O–H groups in total. The number of fused-ring (bicyclic) bond motifs is 1. The van der Waals surface area contributed by atoms with Crippen LogP contribution in [0.15, 0.2) is 18.2 Å². The quantitative estimate of drug-likeness (QED) is 0.768. The molecule has 130 valence electrons. The molecule has 0 spiro atoms. The first-order chi connectivity index (χ1) is 11.6. The van der Waals surface area contributed by atoms with Crippen molar-refractivity contribution in [2.45, 2.75) is 32.5 Å². The Hall–Kier alpha value is -1.50. The summed E-state index contributed by atoms with van der Waals surface area (Å²) >= 11 is 1.27. The van der Waals surface area contributed by atoms with Gasteiger partial charge in [-0.2, -0.15) is 0 Å². The fraction of sp³-hybridized carbons (Fsp3) is 0.500. The average molecular weight is 351 g/mol. The maximum Gasteiger partial charge on any atom is 0.349 e. The highest BCUT2D eigenvalue weighted by Gasteiger charge is 2.26.